The van der Waals surface area contributed by atoms with Crippen LogP contribution in [0, 0.1) is 0 Å². The second-order valence-electron chi connectivity index (χ2n) is 5.07. The minimum atomic E-state index is -2.50. The van der Waals surface area contributed by atoms with E-state index < -0.39 is 5.92 Å². The number of halogens is 2. The first-order chi connectivity index (χ1) is 8.51. The van der Waals surface area contributed by atoms with E-state index in [-0.39, 0.29) is 18.3 Å². The average Bonchev–Trinajstić information content (AvgIpc) is 2.39. The van der Waals surface area contributed by atoms with Gasteiger partial charge in [-0.1, -0.05) is 12.1 Å². The zero-order valence-electron chi connectivity index (χ0n) is 10.6. The Balaban J connectivity index is 2.27. The van der Waals surface area contributed by atoms with Gasteiger partial charge in [-0.05, 0) is 36.8 Å². The topological polar surface area (TPSA) is 26.0 Å². The van der Waals surface area contributed by atoms with Crippen LogP contribution in [0.4, 0.5) is 8.78 Å². The lowest BCUT2D eigenvalue weighted by Gasteiger charge is -2.40. The summed E-state index contributed by atoms with van der Waals surface area (Å²) in [7, 11) is 0. The van der Waals surface area contributed by atoms with Gasteiger partial charge in [-0.2, -0.15) is 0 Å². The molecule has 4 heteroatoms. The zero-order valence-corrected chi connectivity index (χ0v) is 11.4. The fraction of sp³-hybridized carbons (Fsp3) is 0.571. The smallest absolute Gasteiger partial charge is 0.248 e. The summed E-state index contributed by atoms with van der Waals surface area (Å²) in [6.07, 6.45) is 2.88. The van der Waals surface area contributed by atoms with Gasteiger partial charge in [0.05, 0.1) is 0 Å². The maximum absolute atomic E-state index is 13.3. The van der Waals surface area contributed by atoms with Gasteiger partial charge < -0.3 is 5.73 Å². The third-order valence-electron chi connectivity index (χ3n) is 4.01. The molecule has 0 heterocycles. The lowest BCUT2D eigenvalue weighted by atomic mass is 9.68. The number of hydrogen-bond donors (Lipinski definition) is 1. The number of thioether (sulfide) groups is 1. The van der Waals surface area contributed by atoms with E-state index >= 15 is 0 Å². The van der Waals surface area contributed by atoms with Crippen molar-refractivity contribution < 1.29 is 8.78 Å². The summed E-state index contributed by atoms with van der Waals surface area (Å²) >= 11 is 1.67. The molecule has 1 aromatic rings. The van der Waals surface area contributed by atoms with E-state index in [1.165, 1.54) is 0 Å². The molecule has 1 fully saturated rings. The van der Waals surface area contributed by atoms with Crippen molar-refractivity contribution >= 4 is 11.8 Å². The standard InChI is InChI=1S/C14H19F2NS/c1-18-12-4-2-3-11(9-12)13(10-17)5-7-14(15,16)8-6-13/h2-4,9H,5-8,10,17H2,1H3. The van der Waals surface area contributed by atoms with Gasteiger partial charge in [0.15, 0.2) is 0 Å². The molecule has 1 saturated carbocycles. The van der Waals surface area contributed by atoms with Gasteiger partial charge in [0.1, 0.15) is 0 Å². The van der Waals surface area contributed by atoms with Crippen molar-refractivity contribution in [1.82, 2.24) is 0 Å². The van der Waals surface area contributed by atoms with Crippen molar-refractivity contribution in [1.29, 1.82) is 0 Å². The summed E-state index contributed by atoms with van der Waals surface area (Å²) in [5.74, 6) is -2.50. The Morgan fingerprint density at radius 3 is 2.44 bits per heavy atom. The van der Waals surface area contributed by atoms with Crippen molar-refractivity contribution in [3.63, 3.8) is 0 Å². The quantitative estimate of drug-likeness (QED) is 0.846. The first-order valence-electron chi connectivity index (χ1n) is 6.24. The average molecular weight is 271 g/mol. The van der Waals surface area contributed by atoms with Crippen molar-refractivity contribution in [2.75, 3.05) is 12.8 Å². The van der Waals surface area contributed by atoms with Gasteiger partial charge >= 0.3 is 0 Å². The fourth-order valence-electron chi connectivity index (χ4n) is 2.66. The molecule has 1 nitrogen and oxygen atoms in total. The Morgan fingerprint density at radius 2 is 1.89 bits per heavy atom. The Kier molecular flexibility index (Phi) is 3.97. The van der Waals surface area contributed by atoms with Gasteiger partial charge in [-0.15, -0.1) is 11.8 Å². The van der Waals surface area contributed by atoms with Crippen LogP contribution in [0.25, 0.3) is 0 Å². The lowest BCUT2D eigenvalue weighted by molar-refractivity contribution is -0.0509. The predicted octanol–water partition coefficient (Wildman–Crippen LogP) is 3.81. The molecule has 2 N–H and O–H groups in total. The molecule has 100 valence electrons. The molecule has 1 aliphatic rings. The summed E-state index contributed by atoms with van der Waals surface area (Å²) in [4.78, 5) is 1.16. The van der Waals surface area contributed by atoms with Gasteiger partial charge in [-0.3, -0.25) is 0 Å². The molecule has 0 radical (unpaired) electrons. The van der Waals surface area contributed by atoms with Crippen molar-refractivity contribution in [2.45, 2.75) is 41.9 Å². The lowest BCUT2D eigenvalue weighted by Crippen LogP contribution is -2.42. The molecule has 0 aromatic heterocycles. The number of benzene rings is 1. The molecule has 0 amide bonds. The van der Waals surface area contributed by atoms with Crippen LogP contribution in [0.15, 0.2) is 29.2 Å². The minimum Gasteiger partial charge on any atom is -0.330 e. The summed E-state index contributed by atoms with van der Waals surface area (Å²) in [5, 5.41) is 0. The van der Waals surface area contributed by atoms with E-state index in [2.05, 4.69) is 6.07 Å². The predicted molar refractivity (Wildman–Crippen MR) is 72.4 cm³/mol. The first kappa shape index (κ1) is 13.8. The zero-order chi connectivity index (χ0) is 13.2. The van der Waals surface area contributed by atoms with Crippen molar-refractivity contribution in [3.05, 3.63) is 29.8 Å². The van der Waals surface area contributed by atoms with Crippen LogP contribution in [-0.2, 0) is 5.41 Å². The highest BCUT2D eigenvalue weighted by Gasteiger charge is 2.43. The van der Waals surface area contributed by atoms with Crippen LogP contribution in [0.2, 0.25) is 0 Å². The molecule has 1 aliphatic carbocycles. The molecule has 18 heavy (non-hydrogen) atoms. The van der Waals surface area contributed by atoms with Crippen LogP contribution in [0.1, 0.15) is 31.2 Å². The van der Waals surface area contributed by atoms with E-state index in [1.807, 2.05) is 24.5 Å². The second kappa shape index (κ2) is 5.17. The fourth-order valence-corrected chi connectivity index (χ4v) is 3.12. The number of hydrogen-bond acceptors (Lipinski definition) is 2. The highest BCUT2D eigenvalue weighted by Crippen LogP contribution is 2.45. The molecule has 2 rings (SSSR count). The minimum absolute atomic E-state index is 0.0479. The second-order valence-corrected chi connectivity index (χ2v) is 5.95. The van der Waals surface area contributed by atoms with Crippen molar-refractivity contribution in [3.8, 4) is 0 Å². The molecule has 0 spiro atoms. The monoisotopic (exact) mass is 271 g/mol. The van der Waals surface area contributed by atoms with E-state index in [0.717, 1.165) is 10.5 Å². The van der Waals surface area contributed by atoms with E-state index in [0.29, 0.717) is 19.4 Å². The summed E-state index contributed by atoms with van der Waals surface area (Å²) in [6, 6.07) is 8.15. The maximum atomic E-state index is 13.3. The molecule has 0 aliphatic heterocycles. The van der Waals surface area contributed by atoms with E-state index in [1.54, 1.807) is 11.8 Å². The normalized spacial score (nSPS) is 21.8. The Morgan fingerprint density at radius 1 is 1.22 bits per heavy atom. The van der Waals surface area contributed by atoms with Crippen LogP contribution >= 0.6 is 11.8 Å². The van der Waals surface area contributed by atoms with Crippen LogP contribution in [0.5, 0.6) is 0 Å². The maximum Gasteiger partial charge on any atom is 0.248 e. The third-order valence-corrected chi connectivity index (χ3v) is 4.74. The first-order valence-corrected chi connectivity index (χ1v) is 7.46. The van der Waals surface area contributed by atoms with Gasteiger partial charge in [0.25, 0.3) is 0 Å². The van der Waals surface area contributed by atoms with E-state index in [4.69, 9.17) is 5.73 Å². The van der Waals surface area contributed by atoms with Gasteiger partial charge in [0, 0.05) is 29.7 Å². The summed E-state index contributed by atoms with van der Waals surface area (Å²) in [5.41, 5.74) is 6.76. The SMILES string of the molecule is CSc1cccc(C2(CN)CCC(F)(F)CC2)c1. The number of nitrogens with two attached hydrogens (primary N) is 1. The summed E-state index contributed by atoms with van der Waals surface area (Å²) in [6.45, 7) is 0.445. The highest BCUT2D eigenvalue weighted by atomic mass is 32.2. The van der Waals surface area contributed by atoms with Gasteiger partial charge in [0.2, 0.25) is 5.92 Å². The molecule has 0 atom stereocenters. The largest absolute Gasteiger partial charge is 0.330 e. The third kappa shape index (κ3) is 2.69. The Labute approximate surface area is 111 Å². The molecule has 0 saturated heterocycles. The van der Waals surface area contributed by atoms with Crippen molar-refractivity contribution in [2.24, 2.45) is 5.73 Å². The molecule has 0 unspecified atom stereocenters. The van der Waals surface area contributed by atoms with Crippen LogP contribution in [-0.4, -0.2) is 18.7 Å². The highest BCUT2D eigenvalue weighted by molar-refractivity contribution is 7.98. The Hall–Kier alpha value is -0.610. The summed E-state index contributed by atoms with van der Waals surface area (Å²) < 4.78 is 26.6. The van der Waals surface area contributed by atoms with E-state index in [9.17, 15) is 8.78 Å². The molecular weight excluding hydrogens is 252 g/mol. The van der Waals surface area contributed by atoms with Crippen LogP contribution < -0.4 is 5.73 Å². The van der Waals surface area contributed by atoms with Gasteiger partial charge in [-0.25, -0.2) is 8.78 Å². The molecular formula is C14H19F2NS. The van der Waals surface area contributed by atoms with Crippen LogP contribution in [0.3, 0.4) is 0 Å². The molecule has 0 bridgehead atoms. The Bertz CT molecular complexity index is 410. The number of rotatable bonds is 3. The number of alkyl halides is 2. The molecule has 1 aromatic carbocycles.